The number of ether oxygens (including phenoxy) is 1. The number of nitrogens with one attached hydrogen (secondary N) is 1. The van der Waals surface area contributed by atoms with Gasteiger partial charge in [-0.05, 0) is 56.5 Å². The Labute approximate surface area is 174 Å². The van der Waals surface area contributed by atoms with E-state index in [1.165, 1.54) is 0 Å². The molecule has 2 amide bonds. The van der Waals surface area contributed by atoms with Crippen LogP contribution in [0.3, 0.4) is 0 Å². The second kappa shape index (κ2) is 11.2. The van der Waals surface area contributed by atoms with E-state index >= 15 is 0 Å². The molecule has 5 nitrogen and oxygen atoms in total. The van der Waals surface area contributed by atoms with Crippen molar-refractivity contribution in [2.24, 2.45) is 0 Å². The van der Waals surface area contributed by atoms with Crippen LogP contribution in [-0.2, 0) is 4.79 Å². The zero-order chi connectivity index (χ0) is 21.2. The van der Waals surface area contributed by atoms with Gasteiger partial charge in [0.25, 0.3) is 11.8 Å². The lowest BCUT2D eigenvalue weighted by molar-refractivity contribution is -0.122. The first-order valence-corrected chi connectivity index (χ1v) is 10.4. The maximum atomic E-state index is 12.8. The third-order valence-corrected chi connectivity index (χ3v) is 4.61. The van der Waals surface area contributed by atoms with Crippen molar-refractivity contribution in [1.29, 1.82) is 0 Å². The van der Waals surface area contributed by atoms with Crippen molar-refractivity contribution in [3.05, 3.63) is 59.7 Å². The number of benzene rings is 2. The molecule has 5 heteroatoms. The number of carbonyl (C=O) groups is 2. The predicted molar refractivity (Wildman–Crippen MR) is 117 cm³/mol. The Morgan fingerprint density at radius 3 is 2.24 bits per heavy atom. The number of aryl methyl sites for hydroxylation is 1. The third-order valence-electron chi connectivity index (χ3n) is 4.61. The quantitative estimate of drug-likeness (QED) is 0.611. The number of carbonyl (C=O) groups excluding carboxylic acids is 2. The summed E-state index contributed by atoms with van der Waals surface area (Å²) in [4.78, 5) is 27.4. The fourth-order valence-electron chi connectivity index (χ4n) is 3.09. The molecule has 0 saturated heterocycles. The number of hydrogen-bond acceptors (Lipinski definition) is 3. The summed E-state index contributed by atoms with van der Waals surface area (Å²) < 4.78 is 5.85. The van der Waals surface area contributed by atoms with Crippen LogP contribution in [0.2, 0.25) is 0 Å². The SMILES string of the molecule is CCCN(CCC)C(=O)c1cccc(NC(=O)C(CC)Oc2ccc(C)cc2)c1. The molecule has 1 unspecified atom stereocenters. The largest absolute Gasteiger partial charge is 0.481 e. The topological polar surface area (TPSA) is 58.6 Å². The van der Waals surface area contributed by atoms with Gasteiger partial charge in [0.15, 0.2) is 6.10 Å². The van der Waals surface area contributed by atoms with Gasteiger partial charge in [-0.3, -0.25) is 9.59 Å². The van der Waals surface area contributed by atoms with Gasteiger partial charge in [-0.15, -0.1) is 0 Å². The van der Waals surface area contributed by atoms with E-state index < -0.39 is 6.10 Å². The van der Waals surface area contributed by atoms with Gasteiger partial charge in [-0.2, -0.15) is 0 Å². The van der Waals surface area contributed by atoms with Crippen LogP contribution >= 0.6 is 0 Å². The summed E-state index contributed by atoms with van der Waals surface area (Å²) in [5.74, 6) is 0.431. The maximum absolute atomic E-state index is 12.8. The second-order valence-corrected chi connectivity index (χ2v) is 7.19. The van der Waals surface area contributed by atoms with Crippen LogP contribution in [0, 0.1) is 6.92 Å². The zero-order valence-electron chi connectivity index (χ0n) is 17.9. The Kier molecular flexibility index (Phi) is 8.71. The molecule has 0 aliphatic carbocycles. The van der Waals surface area contributed by atoms with Gasteiger partial charge in [0.2, 0.25) is 0 Å². The standard InChI is InChI=1S/C24H32N2O3/c1-5-15-26(16-6-2)24(28)19-9-8-10-20(17-19)25-23(27)22(7-3)29-21-13-11-18(4)12-14-21/h8-14,17,22H,5-7,15-16H2,1-4H3,(H,25,27). The van der Waals surface area contributed by atoms with Crippen LogP contribution < -0.4 is 10.1 Å². The van der Waals surface area contributed by atoms with Crippen LogP contribution in [0.1, 0.15) is 56.0 Å². The third kappa shape index (κ3) is 6.63. The molecule has 0 aliphatic rings. The molecule has 0 saturated carbocycles. The van der Waals surface area contributed by atoms with E-state index in [-0.39, 0.29) is 11.8 Å². The van der Waals surface area contributed by atoms with Crippen molar-refractivity contribution in [2.75, 3.05) is 18.4 Å². The van der Waals surface area contributed by atoms with E-state index in [0.717, 1.165) is 31.5 Å². The molecule has 2 aromatic carbocycles. The summed E-state index contributed by atoms with van der Waals surface area (Å²) in [6.07, 6.45) is 1.76. The monoisotopic (exact) mass is 396 g/mol. The average molecular weight is 397 g/mol. The molecule has 29 heavy (non-hydrogen) atoms. The maximum Gasteiger partial charge on any atom is 0.265 e. The molecular formula is C24H32N2O3. The van der Waals surface area contributed by atoms with Gasteiger partial charge < -0.3 is 15.0 Å². The molecular weight excluding hydrogens is 364 g/mol. The average Bonchev–Trinajstić information content (AvgIpc) is 2.72. The van der Waals surface area contributed by atoms with Crippen molar-refractivity contribution in [1.82, 2.24) is 4.90 Å². The van der Waals surface area contributed by atoms with Crippen molar-refractivity contribution in [3.63, 3.8) is 0 Å². The first-order valence-electron chi connectivity index (χ1n) is 10.4. The van der Waals surface area contributed by atoms with Crippen molar-refractivity contribution in [2.45, 2.75) is 53.1 Å². The molecule has 2 aromatic rings. The summed E-state index contributed by atoms with van der Waals surface area (Å²) in [6, 6.07) is 14.7. The lowest BCUT2D eigenvalue weighted by Gasteiger charge is -2.22. The lowest BCUT2D eigenvalue weighted by atomic mass is 10.1. The van der Waals surface area contributed by atoms with Gasteiger partial charge in [-0.1, -0.05) is 44.5 Å². The van der Waals surface area contributed by atoms with E-state index in [4.69, 9.17) is 4.74 Å². The smallest absolute Gasteiger partial charge is 0.265 e. The molecule has 0 aliphatic heterocycles. The van der Waals surface area contributed by atoms with Crippen molar-refractivity contribution in [3.8, 4) is 5.75 Å². The molecule has 0 fully saturated rings. The van der Waals surface area contributed by atoms with Crippen molar-refractivity contribution >= 4 is 17.5 Å². The highest BCUT2D eigenvalue weighted by Crippen LogP contribution is 2.17. The van der Waals surface area contributed by atoms with Crippen LogP contribution in [0.25, 0.3) is 0 Å². The second-order valence-electron chi connectivity index (χ2n) is 7.19. The molecule has 0 bridgehead atoms. The van der Waals surface area contributed by atoms with Crippen LogP contribution in [0.5, 0.6) is 5.75 Å². The van der Waals surface area contributed by atoms with Gasteiger partial charge in [0.05, 0.1) is 0 Å². The number of amides is 2. The number of rotatable bonds is 10. The first kappa shape index (κ1) is 22.5. The van der Waals surface area contributed by atoms with Crippen molar-refractivity contribution < 1.29 is 14.3 Å². The summed E-state index contributed by atoms with van der Waals surface area (Å²) in [7, 11) is 0. The Morgan fingerprint density at radius 2 is 1.66 bits per heavy atom. The molecule has 0 heterocycles. The number of anilines is 1. The molecule has 2 rings (SSSR count). The fourth-order valence-corrected chi connectivity index (χ4v) is 3.09. The highest BCUT2D eigenvalue weighted by Gasteiger charge is 2.20. The molecule has 0 aromatic heterocycles. The molecule has 1 atom stereocenters. The van der Waals surface area contributed by atoms with Gasteiger partial charge >= 0.3 is 0 Å². The van der Waals surface area contributed by atoms with E-state index in [2.05, 4.69) is 19.2 Å². The summed E-state index contributed by atoms with van der Waals surface area (Å²) in [6.45, 7) is 9.49. The fraction of sp³-hybridized carbons (Fsp3) is 0.417. The van der Waals surface area contributed by atoms with Crippen LogP contribution in [0.15, 0.2) is 48.5 Å². The molecule has 1 N–H and O–H groups in total. The Bertz CT molecular complexity index is 796. The highest BCUT2D eigenvalue weighted by atomic mass is 16.5. The van der Waals surface area contributed by atoms with Crippen LogP contribution in [0.4, 0.5) is 5.69 Å². The minimum Gasteiger partial charge on any atom is -0.481 e. The Hall–Kier alpha value is -2.82. The number of hydrogen-bond donors (Lipinski definition) is 1. The number of nitrogens with zero attached hydrogens (tertiary/aromatic N) is 1. The van der Waals surface area contributed by atoms with E-state index in [9.17, 15) is 9.59 Å². The highest BCUT2D eigenvalue weighted by molar-refractivity contribution is 5.98. The lowest BCUT2D eigenvalue weighted by Crippen LogP contribution is -2.33. The van der Waals surface area contributed by atoms with E-state index in [1.807, 2.05) is 43.0 Å². The van der Waals surface area contributed by atoms with Gasteiger partial charge in [0.1, 0.15) is 5.75 Å². The molecule has 156 valence electrons. The summed E-state index contributed by atoms with van der Waals surface area (Å²) in [5, 5.41) is 2.89. The summed E-state index contributed by atoms with van der Waals surface area (Å²) in [5.41, 5.74) is 2.31. The minimum absolute atomic E-state index is 0.00672. The van der Waals surface area contributed by atoms with Gasteiger partial charge in [0, 0.05) is 24.3 Å². The summed E-state index contributed by atoms with van der Waals surface area (Å²) >= 11 is 0. The first-order chi connectivity index (χ1) is 14.0. The molecule has 0 spiro atoms. The van der Waals surface area contributed by atoms with E-state index in [0.29, 0.717) is 23.4 Å². The molecule has 0 radical (unpaired) electrons. The zero-order valence-corrected chi connectivity index (χ0v) is 17.9. The van der Waals surface area contributed by atoms with Crippen LogP contribution in [-0.4, -0.2) is 35.9 Å². The van der Waals surface area contributed by atoms with Gasteiger partial charge in [-0.25, -0.2) is 0 Å². The van der Waals surface area contributed by atoms with E-state index in [1.54, 1.807) is 24.3 Å². The Morgan fingerprint density at radius 1 is 1.00 bits per heavy atom. The Balaban J connectivity index is 2.08. The normalized spacial score (nSPS) is 11.6. The minimum atomic E-state index is -0.603. The predicted octanol–water partition coefficient (Wildman–Crippen LogP) is 5.05.